The lowest BCUT2D eigenvalue weighted by atomic mass is 10.5. The first kappa shape index (κ1) is 7.28. The summed E-state index contributed by atoms with van der Waals surface area (Å²) in [5, 5.41) is 6.28. The van der Waals surface area contributed by atoms with E-state index < -0.39 is 0 Å². The van der Waals surface area contributed by atoms with Crippen LogP contribution in [0.15, 0.2) is 17.3 Å². The van der Waals surface area contributed by atoms with Crippen LogP contribution in [0, 0.1) is 0 Å². The highest BCUT2D eigenvalue weighted by Gasteiger charge is 2.00. The molecule has 10 heavy (non-hydrogen) atoms. The minimum absolute atomic E-state index is 0.0879. The van der Waals surface area contributed by atoms with E-state index in [-0.39, 0.29) is 6.29 Å². The predicted octanol–water partition coefficient (Wildman–Crippen LogP) is 0.457. The fourth-order valence-corrected chi connectivity index (χ4v) is 0.761. The van der Waals surface area contributed by atoms with E-state index in [4.69, 9.17) is 0 Å². The molecule has 2 N–H and O–H groups in total. The summed E-state index contributed by atoms with van der Waals surface area (Å²) < 4.78 is 0. The van der Waals surface area contributed by atoms with Gasteiger partial charge < -0.3 is 5.32 Å². The Labute approximate surface area is 61.2 Å². The second-order valence-corrected chi connectivity index (χ2v) is 2.18. The predicted molar refractivity (Wildman–Crippen MR) is 42.8 cm³/mol. The Balaban J connectivity index is 2.17. The summed E-state index contributed by atoms with van der Waals surface area (Å²) in [5.74, 6) is 0. The molecular weight excluding hydrogens is 126 g/mol. The summed E-state index contributed by atoms with van der Waals surface area (Å²) in [6.07, 6.45) is 6.79. The zero-order valence-electron chi connectivity index (χ0n) is 6.17. The van der Waals surface area contributed by atoms with Crippen LogP contribution in [-0.4, -0.2) is 19.0 Å². The number of hydrogen-bond donors (Lipinski definition) is 2. The highest BCUT2D eigenvalue weighted by Crippen LogP contribution is 1.86. The normalized spacial score (nSPS) is 22.7. The van der Waals surface area contributed by atoms with Crippen LogP contribution in [-0.2, 0) is 0 Å². The third kappa shape index (κ3) is 2.19. The van der Waals surface area contributed by atoms with E-state index in [1.54, 1.807) is 6.21 Å². The number of aliphatic imine (C=N–C) groups is 1. The van der Waals surface area contributed by atoms with E-state index in [0.29, 0.717) is 0 Å². The Bertz CT molecular complexity index is 140. The topological polar surface area (TPSA) is 36.4 Å². The van der Waals surface area contributed by atoms with Crippen molar-refractivity contribution < 1.29 is 0 Å². The van der Waals surface area contributed by atoms with Gasteiger partial charge in [0.2, 0.25) is 0 Å². The van der Waals surface area contributed by atoms with Gasteiger partial charge in [0.15, 0.2) is 6.29 Å². The molecule has 0 saturated heterocycles. The molecule has 0 radical (unpaired) electrons. The first-order chi connectivity index (χ1) is 4.93. The van der Waals surface area contributed by atoms with Gasteiger partial charge in [-0.1, -0.05) is 6.92 Å². The molecule has 1 unspecified atom stereocenters. The van der Waals surface area contributed by atoms with E-state index >= 15 is 0 Å². The van der Waals surface area contributed by atoms with Crippen molar-refractivity contribution in [2.75, 3.05) is 6.54 Å². The average Bonchev–Trinajstić information content (AvgIpc) is 2.03. The fraction of sp³-hybridized carbons (Fsp3) is 0.571. The summed E-state index contributed by atoms with van der Waals surface area (Å²) >= 11 is 0. The van der Waals surface area contributed by atoms with Gasteiger partial charge in [-0.25, -0.2) is 0 Å². The molecule has 0 bridgehead atoms. The number of hydrogen-bond acceptors (Lipinski definition) is 3. The third-order valence-corrected chi connectivity index (χ3v) is 1.26. The molecule has 0 aliphatic carbocycles. The van der Waals surface area contributed by atoms with Crippen molar-refractivity contribution in [3.8, 4) is 0 Å². The molecule has 1 rings (SSSR count). The molecule has 1 atom stereocenters. The van der Waals surface area contributed by atoms with Crippen LogP contribution in [0.2, 0.25) is 0 Å². The summed E-state index contributed by atoms with van der Waals surface area (Å²) in [6, 6.07) is 0. The van der Waals surface area contributed by atoms with Crippen LogP contribution in [0.1, 0.15) is 13.3 Å². The Morgan fingerprint density at radius 1 is 1.70 bits per heavy atom. The van der Waals surface area contributed by atoms with Gasteiger partial charge in [0.25, 0.3) is 0 Å². The maximum atomic E-state index is 4.13. The standard InChI is InChI=1S/C7H13N3/c1-2-4-8-7-9-5-3-6-10-7/h3,5-9H,2,4H2,1H3. The quantitative estimate of drug-likeness (QED) is 0.596. The number of allylic oxidation sites excluding steroid dienone is 1. The Kier molecular flexibility index (Phi) is 2.96. The second kappa shape index (κ2) is 4.06. The third-order valence-electron chi connectivity index (χ3n) is 1.26. The number of nitrogens with zero attached hydrogens (tertiary/aromatic N) is 1. The van der Waals surface area contributed by atoms with Crippen LogP contribution < -0.4 is 10.6 Å². The molecule has 0 amide bonds. The lowest BCUT2D eigenvalue weighted by Gasteiger charge is -2.15. The molecule has 0 saturated carbocycles. The molecule has 1 aliphatic heterocycles. The first-order valence-corrected chi connectivity index (χ1v) is 3.61. The first-order valence-electron chi connectivity index (χ1n) is 3.61. The molecule has 56 valence electrons. The van der Waals surface area contributed by atoms with E-state index in [1.807, 2.05) is 12.3 Å². The van der Waals surface area contributed by atoms with E-state index in [1.165, 1.54) is 0 Å². The molecule has 1 heterocycles. The van der Waals surface area contributed by atoms with Crippen molar-refractivity contribution in [1.82, 2.24) is 10.6 Å². The van der Waals surface area contributed by atoms with Crippen molar-refractivity contribution in [2.24, 2.45) is 4.99 Å². The van der Waals surface area contributed by atoms with Gasteiger partial charge in [-0.3, -0.25) is 10.3 Å². The molecule has 0 fully saturated rings. The lowest BCUT2D eigenvalue weighted by Crippen LogP contribution is -2.39. The van der Waals surface area contributed by atoms with Crippen LogP contribution in [0.3, 0.4) is 0 Å². The van der Waals surface area contributed by atoms with Crippen molar-refractivity contribution in [3.05, 3.63) is 12.3 Å². The van der Waals surface area contributed by atoms with Crippen molar-refractivity contribution in [3.63, 3.8) is 0 Å². The van der Waals surface area contributed by atoms with Gasteiger partial charge in [-0.15, -0.1) is 0 Å². The largest absolute Gasteiger partial charge is 0.358 e. The van der Waals surface area contributed by atoms with Crippen LogP contribution in [0.4, 0.5) is 0 Å². The monoisotopic (exact) mass is 139 g/mol. The SMILES string of the molecule is CCCNC1N=CC=CN1. The van der Waals surface area contributed by atoms with Gasteiger partial charge in [0.1, 0.15) is 0 Å². The van der Waals surface area contributed by atoms with Crippen molar-refractivity contribution in [1.29, 1.82) is 0 Å². The summed E-state index contributed by atoms with van der Waals surface area (Å²) in [6.45, 7) is 3.14. The summed E-state index contributed by atoms with van der Waals surface area (Å²) in [5.41, 5.74) is 0. The van der Waals surface area contributed by atoms with Gasteiger partial charge >= 0.3 is 0 Å². The molecule has 1 aliphatic rings. The maximum absolute atomic E-state index is 4.13. The molecule has 3 heteroatoms. The molecule has 0 aromatic carbocycles. The number of rotatable bonds is 3. The zero-order chi connectivity index (χ0) is 7.23. The van der Waals surface area contributed by atoms with Crippen molar-refractivity contribution in [2.45, 2.75) is 19.6 Å². The maximum Gasteiger partial charge on any atom is 0.173 e. The van der Waals surface area contributed by atoms with E-state index in [9.17, 15) is 0 Å². The van der Waals surface area contributed by atoms with E-state index in [2.05, 4.69) is 22.5 Å². The van der Waals surface area contributed by atoms with Crippen LogP contribution >= 0.6 is 0 Å². The van der Waals surface area contributed by atoms with Crippen molar-refractivity contribution >= 4 is 6.21 Å². The van der Waals surface area contributed by atoms with Crippen LogP contribution in [0.25, 0.3) is 0 Å². The average molecular weight is 139 g/mol. The van der Waals surface area contributed by atoms with E-state index in [0.717, 1.165) is 13.0 Å². The molecule has 0 aromatic rings. The molecule has 0 aromatic heterocycles. The van der Waals surface area contributed by atoms with Gasteiger partial charge in [-0.2, -0.15) is 0 Å². The summed E-state index contributed by atoms with van der Waals surface area (Å²) in [7, 11) is 0. The lowest BCUT2D eigenvalue weighted by molar-refractivity contribution is 0.486. The highest BCUT2D eigenvalue weighted by atomic mass is 15.2. The summed E-state index contributed by atoms with van der Waals surface area (Å²) in [4.78, 5) is 4.13. The van der Waals surface area contributed by atoms with Gasteiger partial charge in [0, 0.05) is 12.4 Å². The smallest absolute Gasteiger partial charge is 0.173 e. The van der Waals surface area contributed by atoms with Gasteiger partial charge in [0.05, 0.1) is 0 Å². The molecule has 3 nitrogen and oxygen atoms in total. The zero-order valence-corrected chi connectivity index (χ0v) is 6.17. The Morgan fingerprint density at radius 3 is 3.20 bits per heavy atom. The van der Waals surface area contributed by atoms with Gasteiger partial charge in [-0.05, 0) is 19.0 Å². The van der Waals surface area contributed by atoms with Crippen LogP contribution in [0.5, 0.6) is 0 Å². The number of nitrogens with one attached hydrogen (secondary N) is 2. The Morgan fingerprint density at radius 2 is 2.60 bits per heavy atom. The molecule has 0 spiro atoms. The minimum Gasteiger partial charge on any atom is -0.358 e. The second-order valence-electron chi connectivity index (χ2n) is 2.18. The highest BCUT2D eigenvalue weighted by molar-refractivity contribution is 5.71. The fourth-order valence-electron chi connectivity index (χ4n) is 0.761. The molecular formula is C7H13N3. The Hall–Kier alpha value is -0.830. The minimum atomic E-state index is 0.0879.